The molecule has 1 aromatic carbocycles. The third kappa shape index (κ3) is 2.32. The summed E-state index contributed by atoms with van der Waals surface area (Å²) in [6.45, 7) is -0.211. The molecular formula is C9H6ClF2NO2. The van der Waals surface area contributed by atoms with E-state index in [9.17, 15) is 13.6 Å². The van der Waals surface area contributed by atoms with E-state index in [1.807, 2.05) is 0 Å². The Morgan fingerprint density at radius 2 is 2.27 bits per heavy atom. The molecule has 1 aromatic rings. The third-order valence-corrected chi connectivity index (χ3v) is 2.06. The molecule has 0 aliphatic rings. The van der Waals surface area contributed by atoms with Crippen LogP contribution < -0.4 is 4.74 Å². The second kappa shape index (κ2) is 4.87. The van der Waals surface area contributed by atoms with Gasteiger partial charge in [-0.3, -0.25) is 0 Å². The van der Waals surface area contributed by atoms with Crippen LogP contribution in [0.3, 0.4) is 0 Å². The average Bonchev–Trinajstić information content (AvgIpc) is 2.23. The van der Waals surface area contributed by atoms with Gasteiger partial charge in [-0.05, 0) is 6.07 Å². The number of carbonyl (C=O) groups excluding carboxylic acids is 1. The van der Waals surface area contributed by atoms with Gasteiger partial charge >= 0.3 is 0 Å². The molecule has 0 N–H and O–H groups in total. The minimum atomic E-state index is -1.00. The van der Waals surface area contributed by atoms with Crippen molar-refractivity contribution in [1.29, 1.82) is 0 Å². The number of nitrogens with zero attached hydrogens (tertiary/aromatic N) is 1. The highest BCUT2D eigenvalue weighted by Crippen LogP contribution is 2.31. The van der Waals surface area contributed by atoms with Crippen molar-refractivity contribution in [2.75, 3.05) is 7.11 Å². The summed E-state index contributed by atoms with van der Waals surface area (Å²) in [6.07, 6.45) is 1.26. The summed E-state index contributed by atoms with van der Waals surface area (Å²) < 4.78 is 31.0. The number of halogens is 3. The van der Waals surface area contributed by atoms with Crippen LogP contribution in [-0.4, -0.2) is 13.2 Å². The first-order valence-corrected chi connectivity index (χ1v) is 4.23. The molecule has 0 saturated carbocycles. The molecule has 0 saturated heterocycles. The van der Waals surface area contributed by atoms with Crippen LogP contribution in [0.1, 0.15) is 5.56 Å². The number of ether oxygens (including phenoxy) is 1. The van der Waals surface area contributed by atoms with Crippen LogP contribution in [0.4, 0.5) is 8.78 Å². The van der Waals surface area contributed by atoms with Crippen LogP contribution in [0.5, 0.6) is 5.75 Å². The van der Waals surface area contributed by atoms with Gasteiger partial charge in [0, 0.05) is 5.56 Å². The van der Waals surface area contributed by atoms with E-state index >= 15 is 0 Å². The van der Waals surface area contributed by atoms with E-state index < -0.39 is 16.7 Å². The predicted molar refractivity (Wildman–Crippen MR) is 49.7 cm³/mol. The molecular weight excluding hydrogens is 228 g/mol. The first kappa shape index (κ1) is 11.6. The van der Waals surface area contributed by atoms with Crippen LogP contribution in [0.15, 0.2) is 11.1 Å². The molecule has 3 nitrogen and oxygen atoms in total. The quantitative estimate of drug-likeness (QED) is 0.457. The Morgan fingerprint density at radius 3 is 2.80 bits per heavy atom. The van der Waals surface area contributed by atoms with Crippen molar-refractivity contribution in [2.24, 2.45) is 4.99 Å². The highest BCUT2D eigenvalue weighted by Gasteiger charge is 2.17. The van der Waals surface area contributed by atoms with E-state index in [0.29, 0.717) is 0 Å². The van der Waals surface area contributed by atoms with Crippen molar-refractivity contribution in [3.05, 3.63) is 28.3 Å². The van der Waals surface area contributed by atoms with Gasteiger partial charge in [-0.1, -0.05) is 11.6 Å². The highest BCUT2D eigenvalue weighted by atomic mass is 35.5. The van der Waals surface area contributed by atoms with Gasteiger partial charge in [0.15, 0.2) is 11.6 Å². The largest absolute Gasteiger partial charge is 0.493 e. The minimum Gasteiger partial charge on any atom is -0.493 e. The van der Waals surface area contributed by atoms with Crippen molar-refractivity contribution in [2.45, 2.75) is 6.54 Å². The van der Waals surface area contributed by atoms with Crippen LogP contribution >= 0.6 is 11.6 Å². The van der Waals surface area contributed by atoms with Crippen molar-refractivity contribution in [1.82, 2.24) is 0 Å². The van der Waals surface area contributed by atoms with E-state index in [4.69, 9.17) is 16.3 Å². The van der Waals surface area contributed by atoms with Gasteiger partial charge in [-0.2, -0.15) is 0 Å². The Morgan fingerprint density at radius 1 is 1.60 bits per heavy atom. The van der Waals surface area contributed by atoms with Crippen molar-refractivity contribution >= 4 is 17.7 Å². The SMILES string of the molecule is COc1c(CN=C=O)cc(F)c(Cl)c1F. The second-order valence-corrected chi connectivity index (χ2v) is 2.96. The maximum atomic E-state index is 13.3. The van der Waals surface area contributed by atoms with Gasteiger partial charge < -0.3 is 4.74 Å². The third-order valence-electron chi connectivity index (χ3n) is 1.71. The summed E-state index contributed by atoms with van der Waals surface area (Å²) in [4.78, 5) is 13.1. The number of isocyanates is 1. The molecule has 1 rings (SSSR count). The molecule has 0 aromatic heterocycles. The number of aliphatic imine (C=N–C) groups is 1. The Labute approximate surface area is 89.3 Å². The fraction of sp³-hybridized carbons (Fsp3) is 0.222. The van der Waals surface area contributed by atoms with Crippen LogP contribution in [0.2, 0.25) is 5.02 Å². The molecule has 15 heavy (non-hydrogen) atoms. The van der Waals surface area contributed by atoms with Crippen molar-refractivity contribution in [3.8, 4) is 5.75 Å². The molecule has 0 spiro atoms. The van der Waals surface area contributed by atoms with E-state index in [-0.39, 0.29) is 17.9 Å². The van der Waals surface area contributed by atoms with E-state index in [2.05, 4.69) is 4.99 Å². The first-order chi connectivity index (χ1) is 7.11. The zero-order valence-electron chi connectivity index (χ0n) is 7.68. The first-order valence-electron chi connectivity index (χ1n) is 3.85. The van der Waals surface area contributed by atoms with Gasteiger partial charge in [0.2, 0.25) is 6.08 Å². The molecule has 0 bridgehead atoms. The van der Waals surface area contributed by atoms with E-state index in [1.165, 1.54) is 13.2 Å². The van der Waals surface area contributed by atoms with Crippen LogP contribution in [-0.2, 0) is 11.3 Å². The molecule has 0 heterocycles. The lowest BCUT2D eigenvalue weighted by atomic mass is 10.2. The summed E-state index contributed by atoms with van der Waals surface area (Å²) in [6, 6.07) is 0.963. The standard InChI is InChI=1S/C9H6ClF2NO2/c1-15-9-5(3-13-4-14)2-6(11)7(10)8(9)12/h2H,3H2,1H3. The zero-order chi connectivity index (χ0) is 11.4. The molecule has 0 fully saturated rings. The Kier molecular flexibility index (Phi) is 3.77. The molecule has 80 valence electrons. The van der Waals surface area contributed by atoms with Gasteiger partial charge in [0.1, 0.15) is 10.8 Å². The van der Waals surface area contributed by atoms with Crippen LogP contribution in [0, 0.1) is 11.6 Å². The lowest BCUT2D eigenvalue weighted by molar-refractivity contribution is 0.379. The molecule has 0 unspecified atom stereocenters. The summed E-state index contributed by atoms with van der Waals surface area (Å²) in [5.74, 6) is -2.15. The fourth-order valence-electron chi connectivity index (χ4n) is 1.08. The second-order valence-electron chi connectivity index (χ2n) is 2.59. The summed E-state index contributed by atoms with van der Waals surface area (Å²) in [7, 11) is 1.21. The summed E-state index contributed by atoms with van der Waals surface area (Å²) in [5, 5.41) is -0.648. The lowest BCUT2D eigenvalue weighted by Gasteiger charge is -2.08. The normalized spacial score (nSPS) is 9.60. The molecule has 0 amide bonds. The number of benzene rings is 1. The average molecular weight is 234 g/mol. The molecule has 0 radical (unpaired) electrons. The van der Waals surface area contributed by atoms with E-state index in [0.717, 1.165) is 6.07 Å². The zero-order valence-corrected chi connectivity index (χ0v) is 8.44. The monoisotopic (exact) mass is 233 g/mol. The molecule has 0 aliphatic heterocycles. The summed E-state index contributed by atoms with van der Waals surface area (Å²) in [5.41, 5.74) is 0.0975. The number of methoxy groups -OCH3 is 1. The molecule has 6 heteroatoms. The predicted octanol–water partition coefficient (Wildman–Crippen LogP) is 2.46. The number of hydrogen-bond acceptors (Lipinski definition) is 3. The Balaban J connectivity index is 3.31. The van der Waals surface area contributed by atoms with E-state index in [1.54, 1.807) is 0 Å². The topological polar surface area (TPSA) is 38.7 Å². The van der Waals surface area contributed by atoms with Gasteiger partial charge in [0.05, 0.1) is 13.7 Å². The fourth-order valence-corrected chi connectivity index (χ4v) is 1.22. The van der Waals surface area contributed by atoms with Gasteiger partial charge in [-0.15, -0.1) is 0 Å². The summed E-state index contributed by atoms with van der Waals surface area (Å²) >= 11 is 5.33. The maximum Gasteiger partial charge on any atom is 0.235 e. The maximum absolute atomic E-state index is 13.3. The van der Waals surface area contributed by atoms with Gasteiger partial charge in [-0.25, -0.2) is 18.6 Å². The van der Waals surface area contributed by atoms with Crippen molar-refractivity contribution in [3.63, 3.8) is 0 Å². The Bertz CT molecular complexity index is 431. The lowest BCUT2D eigenvalue weighted by Crippen LogP contribution is -1.98. The molecule has 0 aliphatic carbocycles. The number of hydrogen-bond donors (Lipinski definition) is 0. The molecule has 0 atom stereocenters. The van der Waals surface area contributed by atoms with Gasteiger partial charge in [0.25, 0.3) is 0 Å². The van der Waals surface area contributed by atoms with Crippen molar-refractivity contribution < 1.29 is 18.3 Å². The Hall–Kier alpha value is -1.45. The van der Waals surface area contributed by atoms with Crippen LogP contribution in [0.25, 0.3) is 0 Å². The highest BCUT2D eigenvalue weighted by molar-refractivity contribution is 6.31. The minimum absolute atomic E-state index is 0.0975. The number of rotatable bonds is 3. The smallest absolute Gasteiger partial charge is 0.235 e.